The summed E-state index contributed by atoms with van der Waals surface area (Å²) in [5.74, 6) is 1.84. The summed E-state index contributed by atoms with van der Waals surface area (Å²) in [4.78, 5) is 10.2. The molecule has 1 aliphatic rings. The summed E-state index contributed by atoms with van der Waals surface area (Å²) in [6.45, 7) is 9.95. The van der Waals surface area contributed by atoms with Crippen molar-refractivity contribution in [2.75, 3.05) is 33.0 Å². The Balaban J connectivity index is 2.03. The van der Waals surface area contributed by atoms with Gasteiger partial charge in [-0.05, 0) is 27.7 Å². The van der Waals surface area contributed by atoms with Gasteiger partial charge in [-0.2, -0.15) is 0 Å². The van der Waals surface area contributed by atoms with Crippen LogP contribution >= 0.6 is 0 Å². The number of carboxylic acid groups (broad SMARTS) is 1. The lowest BCUT2D eigenvalue weighted by Crippen LogP contribution is -2.41. The second-order valence-electron chi connectivity index (χ2n) is 5.97. The van der Waals surface area contributed by atoms with Crippen molar-refractivity contribution >= 4 is 13.2 Å². The molecular weight excluding hydrogens is 289 g/mol. The Labute approximate surface area is 132 Å². The molecule has 0 unspecified atom stereocenters. The molecule has 1 amide bonds. The van der Waals surface area contributed by atoms with Crippen molar-refractivity contribution in [1.29, 1.82) is 0 Å². The van der Waals surface area contributed by atoms with Crippen LogP contribution in [0.25, 0.3) is 0 Å². The van der Waals surface area contributed by atoms with Crippen molar-refractivity contribution < 1.29 is 28.7 Å². The molecule has 0 aromatic carbocycles. The molecule has 0 aliphatic carbocycles. The van der Waals surface area contributed by atoms with Gasteiger partial charge in [0.25, 0.3) is 0 Å². The van der Waals surface area contributed by atoms with E-state index in [9.17, 15) is 4.79 Å². The largest absolute Gasteiger partial charge is 0.486 e. The Morgan fingerprint density at radius 3 is 2.32 bits per heavy atom. The first-order valence-electron chi connectivity index (χ1n) is 7.39. The quantitative estimate of drug-likeness (QED) is 0.495. The van der Waals surface area contributed by atoms with Crippen molar-refractivity contribution in [2.45, 2.75) is 38.9 Å². The standard InChI is InChI=1S/C14H26BNO6/c1-13(2)14(3,4)22-15(21-13)6-5-8-19-10-11-20-9-7-16-12(17)18/h5-6,16H,7-11H2,1-4H3,(H,17,18)/b6-5+. The summed E-state index contributed by atoms with van der Waals surface area (Å²) in [7, 11) is -0.355. The van der Waals surface area contributed by atoms with Crippen molar-refractivity contribution in [1.82, 2.24) is 5.32 Å². The second-order valence-corrected chi connectivity index (χ2v) is 5.97. The van der Waals surface area contributed by atoms with E-state index in [1.807, 2.05) is 39.7 Å². The summed E-state index contributed by atoms with van der Waals surface area (Å²) in [6.07, 6.45) is 0.807. The molecule has 1 fully saturated rings. The maximum atomic E-state index is 10.2. The van der Waals surface area contributed by atoms with Crippen LogP contribution in [0.5, 0.6) is 0 Å². The van der Waals surface area contributed by atoms with Gasteiger partial charge in [0.05, 0.1) is 37.6 Å². The molecule has 1 rings (SSSR count). The molecule has 126 valence electrons. The summed E-state index contributed by atoms with van der Waals surface area (Å²) in [6, 6.07) is 0. The van der Waals surface area contributed by atoms with E-state index >= 15 is 0 Å². The Morgan fingerprint density at radius 2 is 1.73 bits per heavy atom. The highest BCUT2D eigenvalue weighted by Gasteiger charge is 2.49. The smallest absolute Gasteiger partial charge is 0.465 e. The van der Waals surface area contributed by atoms with E-state index in [4.69, 9.17) is 23.9 Å². The van der Waals surface area contributed by atoms with E-state index in [1.165, 1.54) is 0 Å². The number of ether oxygens (including phenoxy) is 2. The van der Waals surface area contributed by atoms with Crippen molar-refractivity contribution in [2.24, 2.45) is 0 Å². The van der Waals surface area contributed by atoms with Gasteiger partial charge in [0.1, 0.15) is 0 Å². The third-order valence-electron chi connectivity index (χ3n) is 3.67. The molecule has 8 heteroatoms. The van der Waals surface area contributed by atoms with E-state index in [0.717, 1.165) is 0 Å². The summed E-state index contributed by atoms with van der Waals surface area (Å²) < 4.78 is 22.2. The molecule has 0 aromatic heterocycles. The van der Waals surface area contributed by atoms with Crippen LogP contribution in [0.2, 0.25) is 0 Å². The lowest BCUT2D eigenvalue weighted by atomic mass is 9.90. The fourth-order valence-corrected chi connectivity index (χ4v) is 1.74. The highest BCUT2D eigenvalue weighted by atomic mass is 16.7. The van der Waals surface area contributed by atoms with Gasteiger partial charge in [-0.1, -0.05) is 12.1 Å². The zero-order valence-corrected chi connectivity index (χ0v) is 13.8. The average molecular weight is 315 g/mol. The SMILES string of the molecule is CC1(C)OB(/C=C/COCCOCCNC(=O)O)OC1(C)C. The van der Waals surface area contributed by atoms with Crippen LogP contribution in [0.3, 0.4) is 0 Å². The van der Waals surface area contributed by atoms with Gasteiger partial charge in [-0.15, -0.1) is 0 Å². The van der Waals surface area contributed by atoms with Crippen LogP contribution in [0.1, 0.15) is 27.7 Å². The van der Waals surface area contributed by atoms with Crippen LogP contribution < -0.4 is 5.32 Å². The summed E-state index contributed by atoms with van der Waals surface area (Å²) in [5.41, 5.74) is -0.665. The molecule has 1 aliphatic heterocycles. The van der Waals surface area contributed by atoms with Crippen LogP contribution in [0, 0.1) is 0 Å². The molecule has 0 radical (unpaired) electrons. The molecule has 22 heavy (non-hydrogen) atoms. The van der Waals surface area contributed by atoms with Crippen LogP contribution in [-0.4, -0.2) is 62.5 Å². The first-order valence-corrected chi connectivity index (χ1v) is 7.39. The molecular formula is C14H26BNO6. The zero-order valence-electron chi connectivity index (χ0n) is 13.8. The molecule has 0 aromatic rings. The predicted molar refractivity (Wildman–Crippen MR) is 82.9 cm³/mol. The number of hydrogen-bond donors (Lipinski definition) is 2. The maximum Gasteiger partial charge on any atom is 0.486 e. The van der Waals surface area contributed by atoms with Crippen molar-refractivity contribution in [3.05, 3.63) is 12.1 Å². The lowest BCUT2D eigenvalue weighted by molar-refractivity contribution is 0.00578. The minimum absolute atomic E-state index is 0.275. The third kappa shape index (κ3) is 6.35. The number of rotatable bonds is 9. The van der Waals surface area contributed by atoms with Crippen molar-refractivity contribution in [3.63, 3.8) is 0 Å². The Hall–Kier alpha value is -1.09. The normalized spacial score (nSPS) is 19.7. The third-order valence-corrected chi connectivity index (χ3v) is 3.67. The molecule has 2 N–H and O–H groups in total. The second kappa shape index (κ2) is 8.52. The first kappa shape index (κ1) is 19.0. The number of nitrogens with one attached hydrogen (secondary N) is 1. The van der Waals surface area contributed by atoms with Crippen LogP contribution in [0.15, 0.2) is 12.1 Å². The first-order chi connectivity index (χ1) is 10.2. The van der Waals surface area contributed by atoms with E-state index in [0.29, 0.717) is 26.4 Å². The van der Waals surface area contributed by atoms with Gasteiger partial charge >= 0.3 is 13.2 Å². The van der Waals surface area contributed by atoms with E-state index in [1.54, 1.807) is 0 Å². The van der Waals surface area contributed by atoms with E-state index in [2.05, 4.69) is 5.32 Å². The fourth-order valence-electron chi connectivity index (χ4n) is 1.74. The Bertz CT molecular complexity index is 370. The minimum Gasteiger partial charge on any atom is -0.465 e. The number of amides is 1. The molecule has 0 spiro atoms. The fraction of sp³-hybridized carbons (Fsp3) is 0.786. The molecule has 0 atom stereocenters. The highest BCUT2D eigenvalue weighted by Crippen LogP contribution is 2.36. The Morgan fingerprint density at radius 1 is 1.14 bits per heavy atom. The predicted octanol–water partition coefficient (Wildman–Crippen LogP) is 1.47. The van der Waals surface area contributed by atoms with Gasteiger partial charge in [0, 0.05) is 6.54 Å². The van der Waals surface area contributed by atoms with Gasteiger partial charge in [-0.25, -0.2) is 4.79 Å². The monoisotopic (exact) mass is 315 g/mol. The number of carbonyl (C=O) groups is 1. The minimum atomic E-state index is -1.05. The summed E-state index contributed by atoms with van der Waals surface area (Å²) >= 11 is 0. The lowest BCUT2D eigenvalue weighted by Gasteiger charge is -2.32. The number of hydrogen-bond acceptors (Lipinski definition) is 5. The van der Waals surface area contributed by atoms with Gasteiger partial charge in [-0.3, -0.25) is 0 Å². The van der Waals surface area contributed by atoms with E-state index in [-0.39, 0.29) is 24.9 Å². The van der Waals surface area contributed by atoms with Gasteiger partial charge in [0.15, 0.2) is 0 Å². The zero-order chi connectivity index (χ0) is 16.6. The van der Waals surface area contributed by atoms with Crippen molar-refractivity contribution in [3.8, 4) is 0 Å². The molecule has 0 bridgehead atoms. The molecule has 7 nitrogen and oxygen atoms in total. The molecule has 0 saturated carbocycles. The topological polar surface area (TPSA) is 86.2 Å². The van der Waals surface area contributed by atoms with Gasteiger partial charge < -0.3 is 29.2 Å². The van der Waals surface area contributed by atoms with Crippen LogP contribution in [-0.2, 0) is 18.8 Å². The van der Waals surface area contributed by atoms with Gasteiger partial charge in [0.2, 0.25) is 0 Å². The summed E-state index contributed by atoms with van der Waals surface area (Å²) in [5, 5.41) is 10.6. The Kier molecular flexibility index (Phi) is 7.35. The van der Waals surface area contributed by atoms with E-state index < -0.39 is 6.09 Å². The van der Waals surface area contributed by atoms with Crippen LogP contribution in [0.4, 0.5) is 4.79 Å². The highest BCUT2D eigenvalue weighted by molar-refractivity contribution is 6.51. The maximum absolute atomic E-state index is 10.2. The molecule has 1 saturated heterocycles. The molecule has 1 heterocycles. The average Bonchev–Trinajstić information content (AvgIpc) is 2.59.